The van der Waals surface area contributed by atoms with Crippen molar-refractivity contribution in [3.63, 3.8) is 0 Å². The van der Waals surface area contributed by atoms with E-state index in [9.17, 15) is 0 Å². The minimum Gasteiger partial charge on any atom is -0.282 e. The van der Waals surface area contributed by atoms with Gasteiger partial charge in [-0.1, -0.05) is 6.92 Å². The Morgan fingerprint density at radius 1 is 1.62 bits per heavy atom. The minimum absolute atomic E-state index is 0. The second-order valence-electron chi connectivity index (χ2n) is 3.61. The average molecular weight is 221 g/mol. The van der Waals surface area contributed by atoms with Crippen molar-refractivity contribution >= 4 is 24.0 Å². The lowest BCUT2D eigenvalue weighted by Crippen LogP contribution is -2.11. The van der Waals surface area contributed by atoms with E-state index in [2.05, 4.69) is 17.1 Å². The standard InChI is InChI=1S/C9H13ClN2.ClH/c1-6-2-3-8-7(4-6)9(5-10)12-11-8;/h6H,2-5H2,1H3,(H,11,12);1H. The van der Waals surface area contributed by atoms with Crippen LogP contribution in [0.3, 0.4) is 0 Å². The Morgan fingerprint density at radius 3 is 3.08 bits per heavy atom. The van der Waals surface area contributed by atoms with Crippen LogP contribution in [0.5, 0.6) is 0 Å². The molecule has 74 valence electrons. The molecule has 1 unspecified atom stereocenters. The first kappa shape index (κ1) is 10.9. The van der Waals surface area contributed by atoms with Crippen LogP contribution in [-0.4, -0.2) is 10.2 Å². The first-order valence-electron chi connectivity index (χ1n) is 4.42. The number of H-pyrrole nitrogens is 1. The van der Waals surface area contributed by atoms with Crippen LogP contribution < -0.4 is 0 Å². The molecule has 1 heterocycles. The molecule has 0 spiro atoms. The summed E-state index contributed by atoms with van der Waals surface area (Å²) in [6.07, 6.45) is 3.56. The summed E-state index contributed by atoms with van der Waals surface area (Å²) in [5.74, 6) is 1.33. The quantitative estimate of drug-likeness (QED) is 0.725. The third kappa shape index (κ3) is 2.00. The van der Waals surface area contributed by atoms with Crippen molar-refractivity contribution in [2.45, 2.75) is 32.1 Å². The van der Waals surface area contributed by atoms with Crippen LogP contribution in [0, 0.1) is 5.92 Å². The molecule has 0 aliphatic heterocycles. The maximum Gasteiger partial charge on any atom is 0.0804 e. The zero-order valence-corrected chi connectivity index (χ0v) is 9.21. The fourth-order valence-corrected chi connectivity index (χ4v) is 2.06. The van der Waals surface area contributed by atoms with Gasteiger partial charge in [0.05, 0.1) is 11.6 Å². The fraction of sp³-hybridized carbons (Fsp3) is 0.667. The maximum atomic E-state index is 5.77. The summed E-state index contributed by atoms with van der Waals surface area (Å²) in [4.78, 5) is 0. The van der Waals surface area contributed by atoms with Gasteiger partial charge in [-0.25, -0.2) is 0 Å². The van der Waals surface area contributed by atoms with Gasteiger partial charge in [0.25, 0.3) is 0 Å². The van der Waals surface area contributed by atoms with E-state index in [1.807, 2.05) is 0 Å². The van der Waals surface area contributed by atoms with E-state index in [4.69, 9.17) is 11.6 Å². The van der Waals surface area contributed by atoms with E-state index in [1.165, 1.54) is 17.7 Å². The fourth-order valence-electron chi connectivity index (χ4n) is 1.84. The molecule has 2 rings (SSSR count). The van der Waals surface area contributed by atoms with Crippen molar-refractivity contribution in [3.05, 3.63) is 17.0 Å². The number of aromatic amines is 1. The minimum atomic E-state index is 0. The molecule has 0 bridgehead atoms. The summed E-state index contributed by atoms with van der Waals surface area (Å²) in [5, 5.41) is 7.26. The lowest BCUT2D eigenvalue weighted by Gasteiger charge is -2.17. The monoisotopic (exact) mass is 220 g/mol. The summed E-state index contributed by atoms with van der Waals surface area (Å²) in [7, 11) is 0. The van der Waals surface area contributed by atoms with E-state index in [-0.39, 0.29) is 12.4 Å². The van der Waals surface area contributed by atoms with Crippen LogP contribution in [0.1, 0.15) is 30.3 Å². The van der Waals surface area contributed by atoms with E-state index in [0.717, 1.165) is 24.5 Å². The lowest BCUT2D eigenvalue weighted by molar-refractivity contribution is 0.496. The molecule has 0 radical (unpaired) electrons. The number of rotatable bonds is 1. The van der Waals surface area contributed by atoms with Gasteiger partial charge in [-0.15, -0.1) is 24.0 Å². The Balaban J connectivity index is 0.000000845. The largest absolute Gasteiger partial charge is 0.282 e. The molecule has 1 atom stereocenters. The third-order valence-electron chi connectivity index (χ3n) is 2.60. The van der Waals surface area contributed by atoms with Gasteiger partial charge in [-0.3, -0.25) is 5.10 Å². The van der Waals surface area contributed by atoms with Gasteiger partial charge in [0.1, 0.15) is 0 Å². The molecule has 1 aromatic rings. The molecule has 1 aliphatic carbocycles. The van der Waals surface area contributed by atoms with E-state index in [1.54, 1.807) is 0 Å². The number of hydrogen-bond acceptors (Lipinski definition) is 1. The number of alkyl halides is 1. The van der Waals surface area contributed by atoms with Crippen LogP contribution in [0.15, 0.2) is 0 Å². The third-order valence-corrected chi connectivity index (χ3v) is 2.86. The van der Waals surface area contributed by atoms with Gasteiger partial charge in [-0.2, -0.15) is 5.10 Å². The van der Waals surface area contributed by atoms with E-state index >= 15 is 0 Å². The van der Waals surface area contributed by atoms with Gasteiger partial charge in [-0.05, 0) is 30.7 Å². The predicted molar refractivity (Wildman–Crippen MR) is 56.6 cm³/mol. The molecular weight excluding hydrogens is 207 g/mol. The number of aryl methyl sites for hydroxylation is 1. The number of nitrogens with zero attached hydrogens (tertiary/aromatic N) is 1. The molecule has 1 N–H and O–H groups in total. The predicted octanol–water partition coefficient (Wildman–Crippen LogP) is 2.70. The van der Waals surface area contributed by atoms with E-state index in [0.29, 0.717) is 5.88 Å². The Kier molecular flexibility index (Phi) is 3.63. The molecule has 0 saturated heterocycles. The molecule has 2 nitrogen and oxygen atoms in total. The number of nitrogens with one attached hydrogen (secondary N) is 1. The Labute approximate surface area is 89.5 Å². The first-order valence-corrected chi connectivity index (χ1v) is 4.95. The summed E-state index contributed by atoms with van der Waals surface area (Å²) in [5.41, 5.74) is 3.74. The number of halogens is 2. The molecule has 13 heavy (non-hydrogen) atoms. The summed E-state index contributed by atoms with van der Waals surface area (Å²) in [6, 6.07) is 0. The average Bonchev–Trinajstić information content (AvgIpc) is 2.46. The first-order chi connectivity index (χ1) is 5.81. The zero-order valence-electron chi connectivity index (χ0n) is 7.64. The SMILES string of the molecule is CC1CCc2[nH]nc(CCl)c2C1.Cl. The van der Waals surface area contributed by atoms with Crippen molar-refractivity contribution in [1.29, 1.82) is 0 Å². The van der Waals surface area contributed by atoms with Crippen molar-refractivity contribution in [2.75, 3.05) is 0 Å². The normalized spacial score (nSPS) is 20.6. The molecule has 0 fully saturated rings. The van der Waals surface area contributed by atoms with Crippen LogP contribution in [0.25, 0.3) is 0 Å². The highest BCUT2D eigenvalue weighted by atomic mass is 35.5. The molecule has 4 heteroatoms. The molecule has 0 aromatic carbocycles. The molecule has 1 aromatic heterocycles. The Bertz CT molecular complexity index is 270. The highest BCUT2D eigenvalue weighted by molar-refractivity contribution is 6.17. The summed E-state index contributed by atoms with van der Waals surface area (Å²) in [6.45, 7) is 2.29. The number of fused-ring (bicyclic) bond motifs is 1. The second-order valence-corrected chi connectivity index (χ2v) is 3.88. The van der Waals surface area contributed by atoms with Crippen molar-refractivity contribution in [3.8, 4) is 0 Å². The summed E-state index contributed by atoms with van der Waals surface area (Å²) >= 11 is 5.77. The van der Waals surface area contributed by atoms with Crippen LogP contribution in [-0.2, 0) is 18.7 Å². The van der Waals surface area contributed by atoms with Crippen LogP contribution >= 0.6 is 24.0 Å². The topological polar surface area (TPSA) is 28.7 Å². The lowest BCUT2D eigenvalue weighted by atomic mass is 9.88. The Hall–Kier alpha value is -0.210. The van der Waals surface area contributed by atoms with Gasteiger partial charge in [0.15, 0.2) is 0 Å². The van der Waals surface area contributed by atoms with Crippen LogP contribution in [0.4, 0.5) is 0 Å². The van der Waals surface area contributed by atoms with Gasteiger partial charge in [0, 0.05) is 5.69 Å². The van der Waals surface area contributed by atoms with Crippen molar-refractivity contribution in [1.82, 2.24) is 10.2 Å². The Morgan fingerprint density at radius 2 is 2.38 bits per heavy atom. The van der Waals surface area contributed by atoms with Gasteiger partial charge in [0.2, 0.25) is 0 Å². The summed E-state index contributed by atoms with van der Waals surface area (Å²) < 4.78 is 0. The molecule has 1 aliphatic rings. The highest BCUT2D eigenvalue weighted by Gasteiger charge is 2.20. The van der Waals surface area contributed by atoms with Crippen molar-refractivity contribution in [2.24, 2.45) is 5.92 Å². The van der Waals surface area contributed by atoms with Gasteiger partial charge < -0.3 is 0 Å². The van der Waals surface area contributed by atoms with Gasteiger partial charge >= 0.3 is 0 Å². The molecule has 0 saturated carbocycles. The number of hydrogen-bond donors (Lipinski definition) is 1. The number of aromatic nitrogens is 2. The molecule has 0 amide bonds. The van der Waals surface area contributed by atoms with E-state index < -0.39 is 0 Å². The zero-order chi connectivity index (χ0) is 8.55. The molecular formula is C9H14Cl2N2. The highest BCUT2D eigenvalue weighted by Crippen LogP contribution is 2.26. The van der Waals surface area contributed by atoms with Crippen LogP contribution in [0.2, 0.25) is 0 Å². The maximum absolute atomic E-state index is 5.77. The second kappa shape index (κ2) is 4.34. The van der Waals surface area contributed by atoms with Crippen molar-refractivity contribution < 1.29 is 0 Å². The smallest absolute Gasteiger partial charge is 0.0804 e.